The molecule has 0 bridgehead atoms. The average Bonchev–Trinajstić information content (AvgIpc) is 2.18. The zero-order valence-corrected chi connectivity index (χ0v) is 10.2. The van der Waals surface area contributed by atoms with Crippen molar-refractivity contribution in [2.45, 2.75) is 32.9 Å². The van der Waals surface area contributed by atoms with E-state index in [1.807, 2.05) is 7.05 Å². The van der Waals surface area contributed by atoms with Gasteiger partial charge in [0.15, 0.2) is 0 Å². The fourth-order valence-corrected chi connectivity index (χ4v) is 1.63. The number of likely N-dealkylation sites (N-methyl/N-ethyl adjacent to an activating group) is 1. The SMILES string of the molecule is CNC(CNC(C)C)c1cccc(C)c1. The van der Waals surface area contributed by atoms with Gasteiger partial charge in [-0.05, 0) is 19.5 Å². The maximum atomic E-state index is 3.45. The molecule has 1 rings (SSSR count). The maximum Gasteiger partial charge on any atom is 0.0444 e. The number of nitrogens with one attached hydrogen (secondary N) is 2. The lowest BCUT2D eigenvalue weighted by atomic mass is 10.0. The first-order valence-corrected chi connectivity index (χ1v) is 5.60. The highest BCUT2D eigenvalue weighted by molar-refractivity contribution is 5.25. The quantitative estimate of drug-likeness (QED) is 0.772. The molecule has 1 unspecified atom stereocenters. The standard InChI is InChI=1S/C13H22N2/c1-10(2)15-9-13(14-4)12-7-5-6-11(3)8-12/h5-8,10,13-15H,9H2,1-4H3. The van der Waals surface area contributed by atoms with Crippen LogP contribution >= 0.6 is 0 Å². The number of benzene rings is 1. The molecule has 0 aliphatic heterocycles. The van der Waals surface area contributed by atoms with Crippen LogP contribution in [0.15, 0.2) is 24.3 Å². The van der Waals surface area contributed by atoms with Crippen molar-refractivity contribution in [2.24, 2.45) is 0 Å². The molecule has 2 heteroatoms. The summed E-state index contributed by atoms with van der Waals surface area (Å²) < 4.78 is 0. The number of aryl methyl sites for hydroxylation is 1. The molecular weight excluding hydrogens is 184 g/mol. The molecule has 84 valence electrons. The summed E-state index contributed by atoms with van der Waals surface area (Å²) in [6.07, 6.45) is 0. The lowest BCUT2D eigenvalue weighted by Gasteiger charge is -2.19. The third kappa shape index (κ3) is 4.02. The van der Waals surface area contributed by atoms with Gasteiger partial charge in [-0.15, -0.1) is 0 Å². The van der Waals surface area contributed by atoms with Crippen LogP contribution in [0, 0.1) is 6.92 Å². The van der Waals surface area contributed by atoms with Crippen LogP contribution in [-0.4, -0.2) is 19.6 Å². The summed E-state index contributed by atoms with van der Waals surface area (Å²) in [5.74, 6) is 0. The summed E-state index contributed by atoms with van der Waals surface area (Å²) in [6, 6.07) is 9.59. The van der Waals surface area contributed by atoms with Gasteiger partial charge in [-0.2, -0.15) is 0 Å². The third-order valence-corrected chi connectivity index (χ3v) is 2.52. The van der Waals surface area contributed by atoms with E-state index in [-0.39, 0.29) is 0 Å². The van der Waals surface area contributed by atoms with Crippen molar-refractivity contribution < 1.29 is 0 Å². The highest BCUT2D eigenvalue weighted by atomic mass is 15.0. The Hall–Kier alpha value is -0.860. The second kappa shape index (κ2) is 5.89. The van der Waals surface area contributed by atoms with Gasteiger partial charge in [0.1, 0.15) is 0 Å². The van der Waals surface area contributed by atoms with Gasteiger partial charge >= 0.3 is 0 Å². The van der Waals surface area contributed by atoms with E-state index in [9.17, 15) is 0 Å². The van der Waals surface area contributed by atoms with Crippen molar-refractivity contribution >= 4 is 0 Å². The van der Waals surface area contributed by atoms with E-state index in [2.05, 4.69) is 55.7 Å². The van der Waals surface area contributed by atoms with E-state index in [0.717, 1.165) is 6.54 Å². The van der Waals surface area contributed by atoms with Gasteiger partial charge in [0.25, 0.3) is 0 Å². The van der Waals surface area contributed by atoms with E-state index < -0.39 is 0 Å². The lowest BCUT2D eigenvalue weighted by Crippen LogP contribution is -2.33. The van der Waals surface area contributed by atoms with Crippen LogP contribution in [0.4, 0.5) is 0 Å². The van der Waals surface area contributed by atoms with Gasteiger partial charge in [0, 0.05) is 18.6 Å². The highest BCUT2D eigenvalue weighted by Gasteiger charge is 2.08. The molecule has 0 saturated heterocycles. The van der Waals surface area contributed by atoms with E-state index >= 15 is 0 Å². The Balaban J connectivity index is 2.65. The molecule has 15 heavy (non-hydrogen) atoms. The largest absolute Gasteiger partial charge is 0.313 e. The van der Waals surface area contributed by atoms with Crippen LogP contribution in [0.5, 0.6) is 0 Å². The van der Waals surface area contributed by atoms with E-state index in [4.69, 9.17) is 0 Å². The normalized spacial score (nSPS) is 13.1. The van der Waals surface area contributed by atoms with Gasteiger partial charge in [-0.25, -0.2) is 0 Å². The van der Waals surface area contributed by atoms with Crippen LogP contribution in [0.25, 0.3) is 0 Å². The Kier molecular flexibility index (Phi) is 4.79. The molecule has 1 aromatic carbocycles. The topological polar surface area (TPSA) is 24.1 Å². The monoisotopic (exact) mass is 206 g/mol. The number of hydrogen-bond acceptors (Lipinski definition) is 2. The molecule has 0 aliphatic carbocycles. The molecule has 1 aromatic rings. The predicted octanol–water partition coefficient (Wildman–Crippen LogP) is 2.25. The molecular formula is C13H22N2. The first kappa shape index (κ1) is 12.2. The molecule has 2 nitrogen and oxygen atoms in total. The van der Waals surface area contributed by atoms with Gasteiger partial charge in [-0.1, -0.05) is 43.7 Å². The molecule has 0 heterocycles. The van der Waals surface area contributed by atoms with E-state index in [1.165, 1.54) is 11.1 Å². The fraction of sp³-hybridized carbons (Fsp3) is 0.538. The van der Waals surface area contributed by atoms with Crippen LogP contribution < -0.4 is 10.6 Å². The lowest BCUT2D eigenvalue weighted by molar-refractivity contribution is 0.491. The summed E-state index contributed by atoms with van der Waals surface area (Å²) in [4.78, 5) is 0. The first-order valence-electron chi connectivity index (χ1n) is 5.60. The van der Waals surface area contributed by atoms with Crippen molar-refractivity contribution in [3.63, 3.8) is 0 Å². The van der Waals surface area contributed by atoms with Crippen molar-refractivity contribution in [1.29, 1.82) is 0 Å². The molecule has 0 fully saturated rings. The third-order valence-electron chi connectivity index (χ3n) is 2.52. The second-order valence-electron chi connectivity index (χ2n) is 4.32. The molecule has 0 saturated carbocycles. The fourth-order valence-electron chi connectivity index (χ4n) is 1.63. The maximum absolute atomic E-state index is 3.45. The van der Waals surface area contributed by atoms with Gasteiger partial charge in [0.05, 0.1) is 0 Å². The minimum Gasteiger partial charge on any atom is -0.313 e. The second-order valence-corrected chi connectivity index (χ2v) is 4.32. The summed E-state index contributed by atoms with van der Waals surface area (Å²) in [5, 5.41) is 6.79. The Morgan fingerprint density at radius 1 is 1.27 bits per heavy atom. The zero-order chi connectivity index (χ0) is 11.3. The minimum absolute atomic E-state index is 0.396. The van der Waals surface area contributed by atoms with Crippen molar-refractivity contribution in [3.8, 4) is 0 Å². The molecule has 1 atom stereocenters. The van der Waals surface area contributed by atoms with Gasteiger partial charge in [0.2, 0.25) is 0 Å². The van der Waals surface area contributed by atoms with Crippen LogP contribution in [0.1, 0.15) is 31.0 Å². The zero-order valence-electron chi connectivity index (χ0n) is 10.2. The summed E-state index contributed by atoms with van der Waals surface area (Å²) in [6.45, 7) is 7.44. The van der Waals surface area contributed by atoms with Crippen molar-refractivity contribution in [3.05, 3.63) is 35.4 Å². The summed E-state index contributed by atoms with van der Waals surface area (Å²) in [7, 11) is 2.01. The number of hydrogen-bond donors (Lipinski definition) is 2. The van der Waals surface area contributed by atoms with Gasteiger partial charge < -0.3 is 10.6 Å². The molecule has 2 N–H and O–H groups in total. The van der Waals surface area contributed by atoms with E-state index in [0.29, 0.717) is 12.1 Å². The first-order chi connectivity index (χ1) is 7.13. The minimum atomic E-state index is 0.396. The predicted molar refractivity (Wildman–Crippen MR) is 66.1 cm³/mol. The highest BCUT2D eigenvalue weighted by Crippen LogP contribution is 2.13. The van der Waals surface area contributed by atoms with Crippen LogP contribution in [0.3, 0.4) is 0 Å². The van der Waals surface area contributed by atoms with Gasteiger partial charge in [-0.3, -0.25) is 0 Å². The summed E-state index contributed by atoms with van der Waals surface area (Å²) >= 11 is 0. The Bertz CT molecular complexity index is 294. The van der Waals surface area contributed by atoms with Crippen molar-refractivity contribution in [1.82, 2.24) is 10.6 Å². The molecule has 0 aliphatic rings. The Labute approximate surface area is 93.1 Å². The van der Waals surface area contributed by atoms with Crippen LogP contribution in [0.2, 0.25) is 0 Å². The number of rotatable bonds is 5. The summed E-state index contributed by atoms with van der Waals surface area (Å²) in [5.41, 5.74) is 2.67. The Morgan fingerprint density at radius 3 is 2.53 bits per heavy atom. The smallest absolute Gasteiger partial charge is 0.0444 e. The van der Waals surface area contributed by atoms with Crippen LogP contribution in [-0.2, 0) is 0 Å². The van der Waals surface area contributed by atoms with Crippen molar-refractivity contribution in [2.75, 3.05) is 13.6 Å². The molecule has 0 radical (unpaired) electrons. The van der Waals surface area contributed by atoms with E-state index in [1.54, 1.807) is 0 Å². The Morgan fingerprint density at radius 2 is 2.00 bits per heavy atom. The molecule has 0 spiro atoms. The molecule has 0 aromatic heterocycles. The molecule has 0 amide bonds. The average molecular weight is 206 g/mol.